The maximum absolute atomic E-state index is 14.1. The quantitative estimate of drug-likeness (QED) is 0.0933. The second-order valence-corrected chi connectivity index (χ2v) is 9.93. The highest BCUT2D eigenvalue weighted by atomic mass is 16.6. The number of nitro groups is 1. The molecule has 0 unspecified atom stereocenters. The molecular formula is C29H31N9O8. The van der Waals surface area contributed by atoms with Crippen molar-refractivity contribution in [3.63, 3.8) is 0 Å². The molecule has 4 rings (SSSR count). The normalized spacial score (nSPS) is 10.8. The van der Waals surface area contributed by atoms with Crippen molar-refractivity contribution in [1.82, 2.24) is 29.7 Å². The summed E-state index contributed by atoms with van der Waals surface area (Å²) in [7, 11) is 5.58. The summed E-state index contributed by atoms with van der Waals surface area (Å²) < 4.78 is 1.36. The highest BCUT2D eigenvalue weighted by Crippen LogP contribution is 2.35. The molecule has 0 spiro atoms. The predicted octanol–water partition coefficient (Wildman–Crippen LogP) is -0.283. The van der Waals surface area contributed by atoms with Crippen molar-refractivity contribution in [3.8, 4) is 11.1 Å². The molecule has 17 nitrogen and oxygen atoms in total. The molecule has 46 heavy (non-hydrogen) atoms. The third-order valence-corrected chi connectivity index (χ3v) is 7.34. The maximum atomic E-state index is 14.1. The van der Waals surface area contributed by atoms with Gasteiger partial charge in [-0.1, -0.05) is 24.3 Å². The fourth-order valence-electron chi connectivity index (χ4n) is 4.96. The van der Waals surface area contributed by atoms with Crippen LogP contribution in [0.25, 0.3) is 11.1 Å². The van der Waals surface area contributed by atoms with Gasteiger partial charge in [0.2, 0.25) is 11.8 Å². The lowest BCUT2D eigenvalue weighted by Crippen LogP contribution is -2.45. The molecule has 0 aliphatic rings. The van der Waals surface area contributed by atoms with Crippen molar-refractivity contribution in [2.24, 2.45) is 0 Å². The van der Waals surface area contributed by atoms with E-state index in [0.717, 1.165) is 0 Å². The minimum atomic E-state index is -1.28. The molecule has 2 heterocycles. The summed E-state index contributed by atoms with van der Waals surface area (Å²) >= 11 is 0. The Labute approximate surface area is 259 Å². The summed E-state index contributed by atoms with van der Waals surface area (Å²) in [5.41, 5.74) is -2.28. The lowest BCUT2D eigenvalue weighted by Gasteiger charge is -2.24. The summed E-state index contributed by atoms with van der Waals surface area (Å²) in [6.45, 7) is -1.25. The molecule has 6 N–H and O–H groups in total. The largest absolute Gasteiger partial charge is 0.374 e. The zero-order valence-corrected chi connectivity index (χ0v) is 25.2. The Bertz CT molecular complexity index is 1940. The van der Waals surface area contributed by atoms with Crippen LogP contribution in [0.15, 0.2) is 67.7 Å². The molecule has 0 atom stereocenters. The molecule has 0 saturated carbocycles. The van der Waals surface area contributed by atoms with Gasteiger partial charge in [-0.05, 0) is 28.8 Å². The second-order valence-electron chi connectivity index (χ2n) is 9.93. The van der Waals surface area contributed by atoms with E-state index in [2.05, 4.69) is 31.2 Å². The van der Waals surface area contributed by atoms with Crippen LogP contribution < -0.4 is 43.8 Å². The number of non-ortho nitro benzene ring substituents is 1. The lowest BCUT2D eigenvalue weighted by atomic mass is 9.85. The van der Waals surface area contributed by atoms with E-state index in [1.807, 2.05) is 0 Å². The van der Waals surface area contributed by atoms with E-state index < -0.39 is 58.2 Å². The molecular weight excluding hydrogens is 602 g/mol. The van der Waals surface area contributed by atoms with E-state index in [4.69, 9.17) is 0 Å². The highest BCUT2D eigenvalue weighted by Gasteiger charge is 2.32. The number of aromatic amines is 2. The van der Waals surface area contributed by atoms with Gasteiger partial charge >= 0.3 is 11.4 Å². The molecule has 2 aromatic carbocycles. The molecule has 2 aromatic heterocycles. The smallest absolute Gasteiger partial charge is 0.330 e. The van der Waals surface area contributed by atoms with E-state index in [0.29, 0.717) is 25.8 Å². The Morgan fingerprint density at radius 3 is 1.46 bits per heavy atom. The molecule has 0 radical (unpaired) electrons. The highest BCUT2D eigenvalue weighted by molar-refractivity contribution is 5.76. The molecule has 0 saturated heterocycles. The number of amides is 2. The number of anilines is 2. The van der Waals surface area contributed by atoms with Crippen LogP contribution in [0.5, 0.6) is 0 Å². The van der Waals surface area contributed by atoms with E-state index in [9.17, 15) is 38.9 Å². The van der Waals surface area contributed by atoms with Crippen LogP contribution in [-0.2, 0) is 22.7 Å². The zero-order chi connectivity index (χ0) is 33.7. The van der Waals surface area contributed by atoms with E-state index in [1.165, 1.54) is 40.3 Å². The number of carbonyl (C=O) groups is 2. The molecule has 4 aromatic rings. The summed E-state index contributed by atoms with van der Waals surface area (Å²) in [5.74, 6) is -2.66. The van der Waals surface area contributed by atoms with Gasteiger partial charge < -0.3 is 21.3 Å². The van der Waals surface area contributed by atoms with Gasteiger partial charge in [-0.2, -0.15) is 0 Å². The monoisotopic (exact) mass is 633 g/mol. The van der Waals surface area contributed by atoms with Gasteiger partial charge in [0.15, 0.2) is 0 Å². The first-order valence-electron chi connectivity index (χ1n) is 13.8. The van der Waals surface area contributed by atoms with Crippen molar-refractivity contribution in [2.45, 2.75) is 19.0 Å². The molecule has 0 aliphatic carbocycles. The van der Waals surface area contributed by atoms with E-state index in [-0.39, 0.29) is 28.5 Å². The standard InChI is InChI=1S/C29H31N9O8/c1-30-19(39)13-36-26(41)22(24(32-3)34-28(36)43)21(23-25(33-4)35-29(44)37(27(23)42)14-20(40)31-2)17-7-5-15(6-8-17)16-9-11-18(12-10-16)38(45)46/h5-12,21,32-33H,13-14H2,1-4H3,(H,30,39)(H,31,40)(H,34,43)(H,35,44). The Kier molecular flexibility index (Phi) is 9.64. The molecule has 17 heteroatoms. The first kappa shape index (κ1) is 32.6. The second kappa shape index (κ2) is 13.6. The lowest BCUT2D eigenvalue weighted by molar-refractivity contribution is -0.384. The number of H-pyrrole nitrogens is 2. The Morgan fingerprint density at radius 1 is 0.717 bits per heavy atom. The van der Waals surface area contributed by atoms with Crippen molar-refractivity contribution >= 4 is 29.1 Å². The maximum Gasteiger partial charge on any atom is 0.330 e. The van der Waals surface area contributed by atoms with Gasteiger partial charge in [0.1, 0.15) is 24.7 Å². The average molecular weight is 634 g/mol. The van der Waals surface area contributed by atoms with E-state index >= 15 is 0 Å². The molecule has 0 bridgehead atoms. The average Bonchev–Trinajstić information content (AvgIpc) is 3.06. The van der Waals surface area contributed by atoms with Gasteiger partial charge in [0.05, 0.1) is 22.0 Å². The Morgan fingerprint density at radius 2 is 1.11 bits per heavy atom. The van der Waals surface area contributed by atoms with Gasteiger partial charge in [0.25, 0.3) is 16.8 Å². The van der Waals surface area contributed by atoms with Gasteiger partial charge in [-0.15, -0.1) is 0 Å². The third-order valence-electron chi connectivity index (χ3n) is 7.34. The summed E-state index contributed by atoms with van der Waals surface area (Å²) in [6.07, 6.45) is 0. The topological polar surface area (TPSA) is 235 Å². The fourth-order valence-corrected chi connectivity index (χ4v) is 4.96. The molecule has 0 fully saturated rings. The number of aromatic nitrogens is 4. The van der Waals surface area contributed by atoms with Crippen LogP contribution in [0.2, 0.25) is 0 Å². The fraction of sp³-hybridized carbons (Fsp3) is 0.241. The molecule has 240 valence electrons. The number of rotatable bonds is 11. The van der Waals surface area contributed by atoms with Gasteiger partial charge in [-0.3, -0.25) is 48.4 Å². The van der Waals surface area contributed by atoms with Gasteiger partial charge in [-0.25, -0.2) is 9.59 Å². The predicted molar refractivity (Wildman–Crippen MR) is 169 cm³/mol. The van der Waals surface area contributed by atoms with E-state index in [1.54, 1.807) is 36.4 Å². The summed E-state index contributed by atoms with van der Waals surface area (Å²) in [4.78, 5) is 94.1. The third kappa shape index (κ3) is 6.33. The molecule has 0 aliphatic heterocycles. The first-order valence-corrected chi connectivity index (χ1v) is 13.8. The minimum absolute atomic E-state index is 0.0573. The van der Waals surface area contributed by atoms with Crippen LogP contribution in [0.4, 0.5) is 17.3 Å². The van der Waals surface area contributed by atoms with Crippen molar-refractivity contribution < 1.29 is 14.5 Å². The first-order chi connectivity index (χ1) is 21.9. The number of nitrogens with one attached hydrogen (secondary N) is 6. The summed E-state index contributed by atoms with van der Waals surface area (Å²) in [5, 5.41) is 21.4. The zero-order valence-electron chi connectivity index (χ0n) is 25.2. The Hall–Kier alpha value is -6.26. The van der Waals surface area contributed by atoms with Crippen molar-refractivity contribution in [2.75, 3.05) is 38.8 Å². The number of nitrogens with zero attached hydrogens (tertiary/aromatic N) is 3. The number of hydrogen-bond acceptors (Lipinski definition) is 10. The van der Waals surface area contributed by atoms with Crippen LogP contribution in [0.3, 0.4) is 0 Å². The van der Waals surface area contributed by atoms with Crippen molar-refractivity contribution in [1.29, 1.82) is 0 Å². The van der Waals surface area contributed by atoms with Crippen LogP contribution in [-0.4, -0.2) is 64.0 Å². The van der Waals surface area contributed by atoms with Crippen LogP contribution in [0.1, 0.15) is 22.6 Å². The number of hydrogen-bond donors (Lipinski definition) is 6. The minimum Gasteiger partial charge on any atom is -0.374 e. The van der Waals surface area contributed by atoms with Crippen LogP contribution in [0, 0.1) is 10.1 Å². The SMILES string of the molecule is CNC(=O)Cn1c(=O)[nH]c(NC)c(C(c2ccc(-c3ccc([N+](=O)[O-])cc3)cc2)c2c(NC)[nH]c(=O)n(CC(=O)NC)c2=O)c1=O. The Balaban J connectivity index is 2.06. The van der Waals surface area contributed by atoms with Crippen molar-refractivity contribution in [3.05, 3.63) is 117 Å². The van der Waals surface area contributed by atoms with Crippen LogP contribution >= 0.6 is 0 Å². The number of nitro benzene ring substituents is 1. The van der Waals surface area contributed by atoms with Gasteiger partial charge in [0, 0.05) is 40.3 Å². The number of likely N-dealkylation sites (N-methyl/N-ethyl adjacent to an activating group) is 2. The summed E-state index contributed by atoms with van der Waals surface area (Å²) in [6, 6.07) is 12.4. The molecule has 2 amide bonds. The number of benzene rings is 2. The number of carbonyl (C=O) groups excluding carboxylic acids is 2.